The van der Waals surface area contributed by atoms with Crippen LogP contribution in [0.4, 0.5) is 0 Å². The average Bonchev–Trinajstić information content (AvgIpc) is 3.18. The Morgan fingerprint density at radius 2 is 2.07 bits per heavy atom. The van der Waals surface area contributed by atoms with Crippen LogP contribution in [-0.4, -0.2) is 80.6 Å². The van der Waals surface area contributed by atoms with Crippen LogP contribution in [0, 0.1) is 6.92 Å². The number of rotatable bonds is 5. The van der Waals surface area contributed by atoms with Gasteiger partial charge in [0.05, 0.1) is 6.54 Å². The Hall–Kier alpha value is -2.52. The molecule has 1 N–H and O–H groups in total. The molecule has 2 aliphatic rings. The number of hydrogen-bond acceptors (Lipinski definition) is 6. The Balaban J connectivity index is 0.00000256. The molecular formula is C20H28ClN7O2. The molecule has 3 heterocycles. The van der Waals surface area contributed by atoms with Crippen LogP contribution in [0.25, 0.3) is 0 Å². The molecule has 0 radical (unpaired) electrons. The number of amides is 2. The van der Waals surface area contributed by atoms with E-state index in [1.54, 1.807) is 4.68 Å². The third-order valence-electron chi connectivity index (χ3n) is 5.78. The van der Waals surface area contributed by atoms with Crippen LogP contribution in [0.5, 0.6) is 0 Å². The molecule has 1 aromatic carbocycles. The molecule has 0 spiro atoms. The number of halogens is 1. The minimum absolute atomic E-state index is 0. The van der Waals surface area contributed by atoms with E-state index in [0.717, 1.165) is 24.9 Å². The molecule has 30 heavy (non-hydrogen) atoms. The smallest absolute Gasteiger partial charge is 0.248 e. The maximum atomic E-state index is 13.6. The summed E-state index contributed by atoms with van der Waals surface area (Å²) in [6.45, 7) is 4.95. The molecule has 9 nitrogen and oxygen atoms in total. The van der Waals surface area contributed by atoms with Crippen LogP contribution in [0.15, 0.2) is 30.3 Å². The number of nitrogens with zero attached hydrogens (tertiary/aromatic N) is 6. The van der Waals surface area contributed by atoms with Crippen molar-refractivity contribution in [3.63, 3.8) is 0 Å². The summed E-state index contributed by atoms with van der Waals surface area (Å²) < 4.78 is 1.62. The number of carbonyl (C=O) groups excluding carboxylic acids is 2. The third kappa shape index (κ3) is 4.79. The average molecular weight is 434 g/mol. The van der Waals surface area contributed by atoms with Crippen LogP contribution in [0.3, 0.4) is 0 Å². The van der Waals surface area contributed by atoms with E-state index in [4.69, 9.17) is 0 Å². The van der Waals surface area contributed by atoms with Crippen LogP contribution in [0.1, 0.15) is 30.3 Å². The van der Waals surface area contributed by atoms with E-state index in [0.29, 0.717) is 38.4 Å². The molecule has 2 fully saturated rings. The second-order valence-corrected chi connectivity index (χ2v) is 7.72. The highest BCUT2D eigenvalue weighted by molar-refractivity contribution is 5.85. The molecule has 2 aromatic rings. The van der Waals surface area contributed by atoms with Crippen molar-refractivity contribution >= 4 is 24.2 Å². The zero-order valence-corrected chi connectivity index (χ0v) is 17.9. The first kappa shape index (κ1) is 22.2. The van der Waals surface area contributed by atoms with Crippen LogP contribution >= 0.6 is 12.4 Å². The van der Waals surface area contributed by atoms with E-state index in [9.17, 15) is 9.59 Å². The number of piperazine rings is 1. The normalized spacial score (nSPS) is 20.6. The highest BCUT2D eigenvalue weighted by Crippen LogP contribution is 2.23. The predicted molar refractivity (Wildman–Crippen MR) is 113 cm³/mol. The molecule has 2 unspecified atom stereocenters. The Morgan fingerprint density at radius 3 is 2.77 bits per heavy atom. The lowest BCUT2D eigenvalue weighted by Crippen LogP contribution is -2.58. The maximum Gasteiger partial charge on any atom is 0.248 e. The molecule has 2 amide bonds. The summed E-state index contributed by atoms with van der Waals surface area (Å²) in [5.74, 6) is 0.745. The lowest BCUT2D eigenvalue weighted by Gasteiger charge is -2.41. The van der Waals surface area contributed by atoms with Crippen molar-refractivity contribution < 1.29 is 9.59 Å². The predicted octanol–water partition coefficient (Wildman–Crippen LogP) is 0.610. The number of aromatic nitrogens is 4. The van der Waals surface area contributed by atoms with Crippen molar-refractivity contribution in [1.29, 1.82) is 0 Å². The van der Waals surface area contributed by atoms with Gasteiger partial charge >= 0.3 is 0 Å². The number of nitrogens with one attached hydrogen (secondary N) is 1. The van der Waals surface area contributed by atoms with E-state index in [2.05, 4.69) is 20.8 Å². The summed E-state index contributed by atoms with van der Waals surface area (Å²) in [7, 11) is 0. The third-order valence-corrected chi connectivity index (χ3v) is 5.78. The summed E-state index contributed by atoms with van der Waals surface area (Å²) in [5.41, 5.74) is 1.06. The van der Waals surface area contributed by atoms with Gasteiger partial charge in [-0.2, -0.15) is 0 Å². The van der Waals surface area contributed by atoms with Crippen LogP contribution in [0.2, 0.25) is 0 Å². The molecule has 2 aliphatic heterocycles. The summed E-state index contributed by atoms with van der Waals surface area (Å²) in [4.78, 5) is 29.7. The molecule has 2 atom stereocenters. The lowest BCUT2D eigenvalue weighted by molar-refractivity contribution is -0.142. The fraction of sp³-hybridized carbons (Fsp3) is 0.550. The fourth-order valence-electron chi connectivity index (χ4n) is 4.27. The Kier molecular flexibility index (Phi) is 7.38. The van der Waals surface area contributed by atoms with Crippen molar-refractivity contribution in [2.45, 2.75) is 38.3 Å². The zero-order chi connectivity index (χ0) is 20.2. The Morgan fingerprint density at radius 1 is 1.27 bits per heavy atom. The van der Waals surface area contributed by atoms with Crippen molar-refractivity contribution in [2.75, 3.05) is 32.7 Å². The minimum Gasteiger partial charge on any atom is -0.339 e. The van der Waals surface area contributed by atoms with Gasteiger partial charge in [0.15, 0.2) is 0 Å². The van der Waals surface area contributed by atoms with E-state index in [1.807, 2.05) is 47.1 Å². The molecular weight excluding hydrogens is 406 g/mol. The second kappa shape index (κ2) is 9.99. The molecule has 162 valence electrons. The van der Waals surface area contributed by atoms with E-state index >= 15 is 0 Å². The highest BCUT2D eigenvalue weighted by atomic mass is 35.5. The van der Waals surface area contributed by atoms with Gasteiger partial charge in [0, 0.05) is 38.6 Å². The number of carbonyl (C=O) groups is 2. The largest absolute Gasteiger partial charge is 0.339 e. The van der Waals surface area contributed by atoms with Crippen molar-refractivity contribution in [3.05, 3.63) is 41.7 Å². The first-order chi connectivity index (χ1) is 14.1. The van der Waals surface area contributed by atoms with Gasteiger partial charge < -0.3 is 15.1 Å². The van der Waals surface area contributed by atoms with Crippen molar-refractivity contribution in [3.8, 4) is 0 Å². The first-order valence-corrected chi connectivity index (χ1v) is 10.2. The Bertz CT molecular complexity index is 860. The zero-order valence-electron chi connectivity index (χ0n) is 17.1. The maximum absolute atomic E-state index is 13.6. The van der Waals surface area contributed by atoms with Gasteiger partial charge in [0.25, 0.3) is 0 Å². The monoisotopic (exact) mass is 433 g/mol. The van der Waals surface area contributed by atoms with Gasteiger partial charge in [0.1, 0.15) is 11.9 Å². The second-order valence-electron chi connectivity index (χ2n) is 7.72. The number of piperidine rings is 1. The molecule has 0 aliphatic carbocycles. The van der Waals surface area contributed by atoms with Gasteiger partial charge in [-0.25, -0.2) is 4.68 Å². The topological polar surface area (TPSA) is 96.2 Å². The molecule has 1 aromatic heterocycles. The molecule has 10 heteroatoms. The lowest BCUT2D eigenvalue weighted by atomic mass is 10.00. The van der Waals surface area contributed by atoms with Gasteiger partial charge in [-0.05, 0) is 35.8 Å². The summed E-state index contributed by atoms with van der Waals surface area (Å²) >= 11 is 0. The van der Waals surface area contributed by atoms with E-state index in [-0.39, 0.29) is 30.3 Å². The number of benzene rings is 1. The molecule has 2 saturated heterocycles. The molecule has 4 rings (SSSR count). The van der Waals surface area contributed by atoms with Gasteiger partial charge in [-0.15, -0.1) is 17.5 Å². The van der Waals surface area contributed by atoms with Crippen molar-refractivity contribution in [1.82, 2.24) is 35.3 Å². The van der Waals surface area contributed by atoms with Gasteiger partial charge in [0.2, 0.25) is 11.8 Å². The summed E-state index contributed by atoms with van der Waals surface area (Å²) in [5, 5.41) is 14.9. The number of tetrazole rings is 1. The number of aryl methyl sites for hydroxylation is 1. The first-order valence-electron chi connectivity index (χ1n) is 10.2. The van der Waals surface area contributed by atoms with E-state index < -0.39 is 6.04 Å². The highest BCUT2D eigenvalue weighted by Gasteiger charge is 2.35. The SMILES string of the molecule is Cc1nnnn1C(Cc1ccccc1)C(=O)N1CCCC(N2CCNCC2=O)C1.Cl. The standard InChI is InChI=1S/C20H27N7O2.ClH/c1-15-22-23-24-27(15)18(12-16-6-3-2-4-7-16)20(29)25-10-5-8-17(14-25)26-11-9-21-13-19(26)28;/h2-4,6-7,17-18,21H,5,8-14H2,1H3;1H. The number of hydrogen-bond donors (Lipinski definition) is 1. The van der Waals surface area contributed by atoms with E-state index in [1.165, 1.54) is 0 Å². The minimum atomic E-state index is -0.495. The van der Waals surface area contributed by atoms with Crippen molar-refractivity contribution in [2.24, 2.45) is 0 Å². The molecule has 0 saturated carbocycles. The molecule has 0 bridgehead atoms. The Labute approximate surface area is 182 Å². The summed E-state index contributed by atoms with van der Waals surface area (Å²) in [6.07, 6.45) is 2.35. The van der Waals surface area contributed by atoms with Crippen LogP contribution < -0.4 is 5.32 Å². The number of likely N-dealkylation sites (tertiary alicyclic amines) is 1. The quantitative estimate of drug-likeness (QED) is 0.742. The van der Waals surface area contributed by atoms with Gasteiger partial charge in [-0.1, -0.05) is 30.3 Å². The fourth-order valence-corrected chi connectivity index (χ4v) is 4.27. The summed E-state index contributed by atoms with van der Waals surface area (Å²) in [6, 6.07) is 9.51. The van der Waals surface area contributed by atoms with Crippen LogP contribution in [-0.2, 0) is 16.0 Å². The van der Waals surface area contributed by atoms with Gasteiger partial charge in [-0.3, -0.25) is 9.59 Å².